The third kappa shape index (κ3) is 11.6. The van der Waals surface area contributed by atoms with Crippen LogP contribution in [0.4, 0.5) is 18.9 Å². The van der Waals surface area contributed by atoms with Crippen molar-refractivity contribution in [1.82, 2.24) is 49.9 Å². The van der Waals surface area contributed by atoms with Crippen LogP contribution in [0.2, 0.25) is 0 Å². The van der Waals surface area contributed by atoms with Crippen LogP contribution in [0.1, 0.15) is 127 Å². The molecule has 17 nitrogen and oxygen atoms in total. The number of carbonyl (C=O) groups excluding carboxylic acids is 4. The Morgan fingerprint density at radius 3 is 2.51 bits per heavy atom. The number of benzene rings is 1. The largest absolute Gasteiger partial charge is 0.464 e. The molecule has 448 valence electrons. The first kappa shape index (κ1) is 51.1. The second-order valence-electron chi connectivity index (χ2n) is 26.1. The van der Waals surface area contributed by atoms with Crippen LogP contribution in [0.15, 0.2) is 35.8 Å². The van der Waals surface area contributed by atoms with Gasteiger partial charge in [-0.3, -0.25) is 43.9 Å². The van der Waals surface area contributed by atoms with Gasteiger partial charge in [-0.05, 0) is 127 Å². The van der Waals surface area contributed by atoms with Gasteiger partial charge in [-0.2, -0.15) is 13.2 Å². The average molecular weight is 1170 g/mol. The van der Waals surface area contributed by atoms with Crippen LogP contribution < -0.4 is 15.6 Å². The van der Waals surface area contributed by atoms with Gasteiger partial charge < -0.3 is 29.2 Å². The zero-order chi connectivity index (χ0) is 62.2. The third-order valence-electron chi connectivity index (χ3n) is 19.7. The summed E-state index contributed by atoms with van der Waals surface area (Å²) in [6.07, 6.45) is 0.402. The Morgan fingerprint density at radius 2 is 1.77 bits per heavy atom. The number of nitrogens with zero attached hydrogens (tertiary/aromatic N) is 9. The number of halogens is 3. The average Bonchev–Trinajstić information content (AvgIpc) is 1.50. The van der Waals surface area contributed by atoms with Gasteiger partial charge in [0.05, 0.1) is 52.7 Å². The zero-order valence-corrected chi connectivity index (χ0v) is 49.2. The monoisotopic (exact) mass is 1170 g/mol. The fourth-order valence-corrected chi connectivity index (χ4v) is 15.8. The Labute approximate surface area is 495 Å². The van der Waals surface area contributed by atoms with E-state index in [1.54, 1.807) is 25.3 Å². The number of nitrogens with one attached hydrogen (secondary N) is 2. The van der Waals surface area contributed by atoms with E-state index in [9.17, 15) is 9.59 Å². The van der Waals surface area contributed by atoms with E-state index < -0.39 is 73.0 Å². The van der Waals surface area contributed by atoms with Crippen LogP contribution in [0.25, 0.3) is 33.4 Å². The summed E-state index contributed by atoms with van der Waals surface area (Å²) in [5.74, 6) is -0.305. The van der Waals surface area contributed by atoms with Gasteiger partial charge in [-0.1, -0.05) is 32.8 Å². The highest BCUT2D eigenvalue weighted by Crippen LogP contribution is 2.49. The number of thiazole rings is 1. The molecule has 8 atom stereocenters. The number of hydrogen-bond donors (Lipinski definition) is 2. The van der Waals surface area contributed by atoms with E-state index in [-0.39, 0.29) is 87.1 Å². The number of esters is 1. The molecule has 4 aromatic rings. The van der Waals surface area contributed by atoms with Crippen LogP contribution in [0.5, 0.6) is 0 Å². The van der Waals surface area contributed by atoms with Gasteiger partial charge >= 0.3 is 12.1 Å². The van der Waals surface area contributed by atoms with E-state index >= 15 is 22.8 Å². The zero-order valence-electron chi connectivity index (χ0n) is 53.4. The highest BCUT2D eigenvalue weighted by molar-refractivity contribution is 7.10. The second-order valence-corrected chi connectivity index (χ2v) is 27.1. The van der Waals surface area contributed by atoms with Crippen molar-refractivity contribution >= 4 is 51.6 Å². The highest BCUT2D eigenvalue weighted by Gasteiger charge is 2.59. The van der Waals surface area contributed by atoms with E-state index in [4.69, 9.17) is 26.3 Å². The molecular weight excluding hydrogens is 1080 g/mol. The van der Waals surface area contributed by atoms with Crippen molar-refractivity contribution in [2.24, 2.45) is 22.7 Å². The quantitative estimate of drug-likeness (QED) is 0.106. The third-order valence-corrected chi connectivity index (χ3v) is 20.5. The molecule has 3 saturated carbocycles. The first-order chi connectivity index (χ1) is 41.7. The smallest absolute Gasteiger partial charge is 0.406 e. The molecule has 0 radical (unpaired) electrons. The Balaban J connectivity index is 0.836. The molecule has 9 aliphatic rings. The number of aromatic nitrogens is 3. The molecule has 1 aromatic carbocycles. The van der Waals surface area contributed by atoms with Crippen LogP contribution in [-0.4, -0.2) is 185 Å². The first-order valence-corrected chi connectivity index (χ1v) is 31.1. The lowest BCUT2D eigenvalue weighted by Gasteiger charge is -2.37. The standard InChI is InChI=1S/C62H82F3N11O6S/c1-37(81-5)51-44(28-42(31-66-51)72-25-23-71(24-26-72)41-15-16-41)54-45-30-60(2,3)36-82-59(80)46-11-8-20-76(69-46)57(78)47(29-50-67-48(32-83-50)40-14-17-49(43(45)27-40)75(54)35-62(63,64)65)68-56(77)53(38-9-6-7-10-38)73-21-18-61(33-73)19-22-74(34-61)58(79)55-52(70(55)4)39-12-13-39/h14,17,27-28,31-32,37-39,41,46-47,52-53,55,69H,6-13,15-16,18-26,29-30,33-36H2,1-5H3,(H,68,77)/t37-,46-,47-,52+,53-,55+,61-,70?/m0/s1/i15D2,16D2,41D. The highest BCUT2D eigenvalue weighted by atomic mass is 32.1. The van der Waals surface area contributed by atoms with Crippen LogP contribution in [0.3, 0.4) is 0 Å². The predicted molar refractivity (Wildman–Crippen MR) is 310 cm³/mol. The Morgan fingerprint density at radius 1 is 1.00 bits per heavy atom. The summed E-state index contributed by atoms with van der Waals surface area (Å²) in [6.45, 7) is 7.95. The number of hydrogen-bond acceptors (Lipinski definition) is 14. The van der Waals surface area contributed by atoms with E-state index in [1.165, 1.54) is 45.8 Å². The molecule has 9 heterocycles. The number of carbonyl (C=O) groups is 4. The summed E-state index contributed by atoms with van der Waals surface area (Å²) in [4.78, 5) is 78.7. The molecule has 8 fully saturated rings. The fourth-order valence-electron chi connectivity index (χ4n) is 14.9. The van der Waals surface area contributed by atoms with Gasteiger partial charge in [0.25, 0.3) is 5.91 Å². The maximum atomic E-state index is 15.3. The van der Waals surface area contributed by atoms with E-state index in [2.05, 4.69) is 32.5 Å². The number of rotatable bonds is 12. The van der Waals surface area contributed by atoms with Gasteiger partial charge in [-0.25, -0.2) is 10.4 Å². The lowest BCUT2D eigenvalue weighted by molar-refractivity contribution is -0.155. The minimum Gasteiger partial charge on any atom is -0.464 e. The van der Waals surface area contributed by atoms with Gasteiger partial charge in [0, 0.05) is 123 Å². The number of pyridine rings is 1. The molecular formula is C62H82F3N11O6S. The number of ether oxygens (including phenoxy) is 2. The number of cyclic esters (lactones) is 1. The summed E-state index contributed by atoms with van der Waals surface area (Å²) in [5.41, 5.74) is 5.71. The molecule has 3 aliphatic carbocycles. The number of likely N-dealkylation sites (N-methyl/N-ethyl adjacent to an activating group) is 1. The van der Waals surface area contributed by atoms with Crippen molar-refractivity contribution in [2.75, 3.05) is 84.6 Å². The summed E-state index contributed by atoms with van der Waals surface area (Å²) in [6, 6.07) is 2.83. The van der Waals surface area contributed by atoms with Crippen LogP contribution in [0, 0.1) is 22.7 Å². The molecule has 3 amide bonds. The minimum atomic E-state index is -4.69. The number of piperazine rings is 1. The van der Waals surface area contributed by atoms with Crippen molar-refractivity contribution in [2.45, 2.75) is 166 Å². The summed E-state index contributed by atoms with van der Waals surface area (Å²) in [5, 5.41) is 7.62. The Bertz CT molecular complexity index is 3370. The molecule has 1 unspecified atom stereocenters. The number of fused-ring (bicyclic) bond motifs is 6. The van der Waals surface area contributed by atoms with Crippen molar-refractivity contribution in [3.05, 3.63) is 52.1 Å². The molecule has 1 spiro atoms. The van der Waals surface area contributed by atoms with Gasteiger partial charge in [0.2, 0.25) is 11.8 Å². The number of amides is 3. The number of likely N-dealkylation sites (tertiary alicyclic amines) is 2. The summed E-state index contributed by atoms with van der Waals surface area (Å²) >= 11 is 1.32. The molecule has 2 N–H and O–H groups in total. The maximum absolute atomic E-state index is 15.3. The topological polar surface area (TPSA) is 161 Å². The maximum Gasteiger partial charge on any atom is 0.406 e. The number of hydrazine groups is 1. The Kier molecular flexibility index (Phi) is 13.7. The Hall–Kier alpha value is -5.19. The van der Waals surface area contributed by atoms with Gasteiger partial charge in [-0.15, -0.1) is 11.3 Å². The minimum absolute atomic E-state index is 0.0273. The van der Waals surface area contributed by atoms with Crippen molar-refractivity contribution < 1.29 is 48.7 Å². The van der Waals surface area contributed by atoms with Crippen LogP contribution in [-0.2, 0) is 48.0 Å². The number of anilines is 1. The van der Waals surface area contributed by atoms with Gasteiger partial charge in [0.1, 0.15) is 24.7 Å². The van der Waals surface area contributed by atoms with Crippen molar-refractivity contribution in [3.63, 3.8) is 0 Å². The molecule has 83 heavy (non-hydrogen) atoms. The first-order valence-electron chi connectivity index (χ1n) is 32.7. The summed E-state index contributed by atoms with van der Waals surface area (Å²) < 4.78 is 101. The molecule has 6 bridgehead atoms. The lowest BCUT2D eigenvalue weighted by Crippen LogP contribution is -2.62. The SMILES string of the molecule is [2H]C1([2H])C([2H])([2H])C1([2H])N1CCN(c2cnc([C@H](C)OC)c(-c3c4c5cc(ccc5n3CC(F)(F)F)-c3csc(n3)C[C@H](NC(=O)[C@H](C3CCCC3)N3CC[C@]5(CCN(C(=O)[C@H]6[C@@H](C7CC7)N6C)C5)C3)C(=O)N3CCC[C@H](N3)C(=O)OCC(C)(C)C4)c2)CC1. The van der Waals surface area contributed by atoms with Gasteiger partial charge in [0.15, 0.2) is 0 Å². The van der Waals surface area contributed by atoms with E-state index in [0.29, 0.717) is 101 Å². The molecule has 3 aromatic heterocycles. The van der Waals surface area contributed by atoms with Crippen molar-refractivity contribution in [3.8, 4) is 22.5 Å². The van der Waals surface area contributed by atoms with E-state index in [0.717, 1.165) is 38.5 Å². The fraction of sp³-hybridized carbons (Fsp3) is 0.677. The number of methoxy groups -OCH3 is 1. The summed E-state index contributed by atoms with van der Waals surface area (Å²) in [7, 11) is 3.56. The van der Waals surface area contributed by atoms with Crippen molar-refractivity contribution in [1.29, 1.82) is 0 Å². The molecule has 6 aliphatic heterocycles. The number of alkyl halides is 3. The predicted octanol–water partition coefficient (Wildman–Crippen LogP) is 7.61. The molecule has 5 saturated heterocycles. The molecule has 21 heteroatoms. The normalized spacial score (nSPS) is 31.6. The lowest BCUT2D eigenvalue weighted by atomic mass is 9.84. The molecule has 13 rings (SSSR count). The van der Waals surface area contributed by atoms with E-state index in [1.807, 2.05) is 36.3 Å². The van der Waals surface area contributed by atoms with Crippen LogP contribution >= 0.6 is 11.3 Å². The second kappa shape index (κ2) is 22.3.